The van der Waals surface area contributed by atoms with Crippen molar-refractivity contribution in [3.8, 4) is 0 Å². The fourth-order valence-electron chi connectivity index (χ4n) is 1.17. The first kappa shape index (κ1) is 12.1. The number of aliphatic hydroxyl groups is 1. The highest BCUT2D eigenvalue weighted by molar-refractivity contribution is 6.72. The highest BCUT2D eigenvalue weighted by atomic mass is 28.4. The molecule has 0 radical (unpaired) electrons. The Hall–Kier alpha value is 0.0569. The van der Waals surface area contributed by atoms with E-state index in [4.69, 9.17) is 19.0 Å². The van der Waals surface area contributed by atoms with E-state index >= 15 is 0 Å². The molecule has 0 spiro atoms. The van der Waals surface area contributed by atoms with Crippen LogP contribution in [0.5, 0.6) is 0 Å². The third kappa shape index (κ3) is 4.52. The molecule has 1 rings (SSSR count). The topological polar surface area (TPSA) is 51.2 Å². The van der Waals surface area contributed by atoms with Crippen molar-refractivity contribution in [2.24, 2.45) is 0 Å². The second-order valence-electron chi connectivity index (χ2n) is 3.95. The van der Waals surface area contributed by atoms with E-state index in [2.05, 4.69) is 0 Å². The molecule has 1 aliphatic heterocycles. The summed E-state index contributed by atoms with van der Waals surface area (Å²) < 4.78 is 15.8. The standard InChI is InChI=1S/C9H20O4Si/c1-11-14(2,8-10)5-3-4-12-6-9-7-13-9/h9-10H,3-8H2,1-2H3. The SMILES string of the molecule is CO[Si](C)(CO)CCCOCC1CO1. The van der Waals surface area contributed by atoms with Gasteiger partial charge in [0.2, 0.25) is 8.32 Å². The summed E-state index contributed by atoms with van der Waals surface area (Å²) in [5, 5.41) is 9.12. The molecular formula is C9H20O4Si. The van der Waals surface area contributed by atoms with Crippen LogP contribution < -0.4 is 0 Å². The first-order valence-electron chi connectivity index (χ1n) is 5.05. The summed E-state index contributed by atoms with van der Waals surface area (Å²) in [5.74, 6) is 0. The maximum atomic E-state index is 9.12. The average molecular weight is 220 g/mol. The van der Waals surface area contributed by atoms with Gasteiger partial charge in [-0.1, -0.05) is 0 Å². The first-order valence-corrected chi connectivity index (χ1v) is 7.88. The van der Waals surface area contributed by atoms with Gasteiger partial charge in [0.15, 0.2) is 0 Å². The molecule has 4 nitrogen and oxygen atoms in total. The number of hydrogen-bond donors (Lipinski definition) is 1. The fraction of sp³-hybridized carbons (Fsp3) is 1.00. The Labute approximate surface area is 86.3 Å². The smallest absolute Gasteiger partial charge is 0.214 e. The van der Waals surface area contributed by atoms with Gasteiger partial charge in [0.05, 0.1) is 19.4 Å². The second-order valence-corrected chi connectivity index (χ2v) is 8.07. The Bertz CT molecular complexity index is 157. The van der Waals surface area contributed by atoms with Crippen LogP contribution in [0.2, 0.25) is 12.6 Å². The lowest BCUT2D eigenvalue weighted by Gasteiger charge is -2.22. The Kier molecular flexibility index (Phi) is 5.04. The van der Waals surface area contributed by atoms with Crippen LogP contribution in [0.3, 0.4) is 0 Å². The summed E-state index contributed by atoms with van der Waals surface area (Å²) in [6, 6.07) is 0.950. The molecule has 0 saturated carbocycles. The number of hydrogen-bond acceptors (Lipinski definition) is 4. The Morgan fingerprint density at radius 2 is 2.29 bits per heavy atom. The number of aliphatic hydroxyl groups excluding tert-OH is 1. The summed E-state index contributed by atoms with van der Waals surface area (Å²) in [6.07, 6.45) is 1.50. The molecule has 5 heteroatoms. The van der Waals surface area contributed by atoms with Crippen LogP contribution in [-0.2, 0) is 13.9 Å². The van der Waals surface area contributed by atoms with Crippen molar-refractivity contribution in [1.82, 2.24) is 0 Å². The molecule has 2 unspecified atom stereocenters. The number of rotatable bonds is 8. The van der Waals surface area contributed by atoms with Crippen LogP contribution in [0.15, 0.2) is 0 Å². The van der Waals surface area contributed by atoms with Gasteiger partial charge in [-0.2, -0.15) is 0 Å². The van der Waals surface area contributed by atoms with Crippen molar-refractivity contribution in [1.29, 1.82) is 0 Å². The average Bonchev–Trinajstić information content (AvgIpc) is 3.01. The predicted octanol–water partition coefficient (Wildman–Crippen LogP) is 0.545. The van der Waals surface area contributed by atoms with Gasteiger partial charge >= 0.3 is 0 Å². The highest BCUT2D eigenvalue weighted by Crippen LogP contribution is 2.13. The van der Waals surface area contributed by atoms with E-state index in [1.807, 2.05) is 6.55 Å². The molecule has 1 fully saturated rings. The zero-order valence-electron chi connectivity index (χ0n) is 8.99. The maximum Gasteiger partial charge on any atom is 0.214 e. The summed E-state index contributed by atoms with van der Waals surface area (Å²) in [5.41, 5.74) is 0. The molecule has 0 amide bonds. The molecule has 2 atom stereocenters. The second kappa shape index (κ2) is 5.82. The molecule has 1 N–H and O–H groups in total. The molecule has 14 heavy (non-hydrogen) atoms. The van der Waals surface area contributed by atoms with Crippen molar-refractivity contribution in [2.45, 2.75) is 25.1 Å². The normalized spacial score (nSPS) is 24.6. The van der Waals surface area contributed by atoms with E-state index in [0.29, 0.717) is 12.7 Å². The van der Waals surface area contributed by atoms with Crippen LogP contribution in [0.4, 0.5) is 0 Å². The summed E-state index contributed by atoms with van der Waals surface area (Å²) >= 11 is 0. The van der Waals surface area contributed by atoms with Crippen LogP contribution in [0.1, 0.15) is 6.42 Å². The van der Waals surface area contributed by atoms with Crippen LogP contribution in [0, 0.1) is 0 Å². The van der Waals surface area contributed by atoms with Gasteiger partial charge in [-0.25, -0.2) is 0 Å². The van der Waals surface area contributed by atoms with E-state index in [9.17, 15) is 0 Å². The lowest BCUT2D eigenvalue weighted by molar-refractivity contribution is 0.116. The van der Waals surface area contributed by atoms with E-state index < -0.39 is 8.32 Å². The van der Waals surface area contributed by atoms with Crippen LogP contribution in [-0.4, -0.2) is 52.7 Å². The Morgan fingerprint density at radius 3 is 2.79 bits per heavy atom. The quantitative estimate of drug-likeness (QED) is 0.369. The molecule has 0 aromatic heterocycles. The van der Waals surface area contributed by atoms with Crippen molar-refractivity contribution < 1.29 is 19.0 Å². The van der Waals surface area contributed by atoms with Crippen LogP contribution in [0.25, 0.3) is 0 Å². The zero-order valence-corrected chi connectivity index (χ0v) is 9.99. The van der Waals surface area contributed by atoms with E-state index in [1.165, 1.54) is 0 Å². The summed E-state index contributed by atoms with van der Waals surface area (Å²) in [4.78, 5) is 0. The Balaban J connectivity index is 1.95. The lowest BCUT2D eigenvalue weighted by atomic mass is 10.5. The van der Waals surface area contributed by atoms with Gasteiger partial charge in [0, 0.05) is 13.7 Å². The van der Waals surface area contributed by atoms with Gasteiger partial charge in [0.25, 0.3) is 0 Å². The van der Waals surface area contributed by atoms with E-state index in [1.54, 1.807) is 7.11 Å². The minimum Gasteiger partial charge on any atom is -0.418 e. The van der Waals surface area contributed by atoms with Crippen molar-refractivity contribution in [3.05, 3.63) is 0 Å². The van der Waals surface area contributed by atoms with Crippen LogP contribution >= 0.6 is 0 Å². The molecule has 1 saturated heterocycles. The van der Waals surface area contributed by atoms with Gasteiger partial charge in [-0.3, -0.25) is 0 Å². The molecule has 1 aliphatic rings. The predicted molar refractivity (Wildman–Crippen MR) is 55.7 cm³/mol. The molecule has 0 bridgehead atoms. The zero-order chi connectivity index (χ0) is 10.4. The van der Waals surface area contributed by atoms with Gasteiger partial charge < -0.3 is 19.0 Å². The molecule has 0 aromatic carbocycles. The van der Waals surface area contributed by atoms with E-state index in [0.717, 1.165) is 25.7 Å². The maximum absolute atomic E-state index is 9.12. The van der Waals surface area contributed by atoms with Crippen molar-refractivity contribution in [2.75, 3.05) is 33.2 Å². The first-order chi connectivity index (χ1) is 6.70. The largest absolute Gasteiger partial charge is 0.418 e. The third-order valence-electron chi connectivity index (χ3n) is 2.53. The van der Waals surface area contributed by atoms with Gasteiger partial charge in [0.1, 0.15) is 6.10 Å². The molecule has 0 aromatic rings. The van der Waals surface area contributed by atoms with Crippen molar-refractivity contribution in [3.63, 3.8) is 0 Å². The monoisotopic (exact) mass is 220 g/mol. The number of ether oxygens (including phenoxy) is 2. The fourth-order valence-corrected chi connectivity index (χ4v) is 2.56. The minimum absolute atomic E-state index is 0.190. The lowest BCUT2D eigenvalue weighted by Crippen LogP contribution is -2.38. The Morgan fingerprint density at radius 1 is 1.57 bits per heavy atom. The number of epoxide rings is 1. The molecule has 84 valence electrons. The molecular weight excluding hydrogens is 200 g/mol. The summed E-state index contributed by atoms with van der Waals surface area (Å²) in [6.45, 7) is 4.34. The third-order valence-corrected chi connectivity index (χ3v) is 5.59. The van der Waals surface area contributed by atoms with Gasteiger partial charge in [-0.15, -0.1) is 0 Å². The molecule has 0 aliphatic carbocycles. The van der Waals surface area contributed by atoms with E-state index in [-0.39, 0.29) is 6.23 Å². The van der Waals surface area contributed by atoms with Crippen molar-refractivity contribution >= 4 is 8.32 Å². The summed E-state index contributed by atoms with van der Waals surface area (Å²) in [7, 11) is -0.133. The highest BCUT2D eigenvalue weighted by Gasteiger charge is 2.26. The minimum atomic E-state index is -1.81. The van der Waals surface area contributed by atoms with Gasteiger partial charge in [-0.05, 0) is 19.0 Å². The molecule has 1 heterocycles.